The fourth-order valence-corrected chi connectivity index (χ4v) is 2.82. The molecule has 0 bridgehead atoms. The normalized spacial score (nSPS) is 16.4. The number of rotatable bonds is 1. The number of hydrogen-bond acceptors (Lipinski definition) is 3. The van der Waals surface area contributed by atoms with Gasteiger partial charge in [0.05, 0.1) is 11.0 Å². The first-order valence-electron chi connectivity index (χ1n) is 6.37. The molecule has 1 fully saturated rings. The third-order valence-electron chi connectivity index (χ3n) is 3.62. The maximum atomic E-state index is 6.21. The Morgan fingerprint density at radius 3 is 2.67 bits per heavy atom. The molecule has 0 saturated carbocycles. The zero-order chi connectivity index (χ0) is 12.7. The number of halogens is 1. The number of aromatic nitrogens is 2. The predicted octanol–water partition coefficient (Wildman–Crippen LogP) is 2.70. The molecule has 5 heteroatoms. The Hall–Kier alpha value is -1.42. The lowest BCUT2D eigenvalue weighted by molar-refractivity contribution is 0.489. The van der Waals surface area contributed by atoms with Gasteiger partial charge in [-0.2, -0.15) is 0 Å². The van der Waals surface area contributed by atoms with E-state index in [4.69, 9.17) is 17.3 Å². The third-order valence-corrected chi connectivity index (χ3v) is 4.03. The zero-order valence-corrected chi connectivity index (χ0v) is 11.2. The van der Waals surface area contributed by atoms with Gasteiger partial charge < -0.3 is 10.7 Å². The van der Waals surface area contributed by atoms with Gasteiger partial charge in [-0.05, 0) is 43.9 Å². The van der Waals surface area contributed by atoms with Gasteiger partial charge in [0, 0.05) is 18.1 Å². The van der Waals surface area contributed by atoms with Crippen LogP contribution < -0.4 is 10.7 Å². The SMILES string of the molecule is Cc1c(Cl)ccc2nc(N)n(N3CCCCC3)c12. The van der Waals surface area contributed by atoms with Gasteiger partial charge in [0.2, 0.25) is 5.95 Å². The number of anilines is 1. The van der Waals surface area contributed by atoms with E-state index in [2.05, 4.69) is 9.99 Å². The highest BCUT2D eigenvalue weighted by molar-refractivity contribution is 6.32. The van der Waals surface area contributed by atoms with Crippen molar-refractivity contribution >= 4 is 28.6 Å². The summed E-state index contributed by atoms with van der Waals surface area (Å²) in [6.45, 7) is 4.08. The summed E-state index contributed by atoms with van der Waals surface area (Å²) >= 11 is 6.21. The second-order valence-electron chi connectivity index (χ2n) is 4.84. The Labute approximate surface area is 111 Å². The molecular formula is C13H17ClN4. The van der Waals surface area contributed by atoms with Crippen LogP contribution in [0.3, 0.4) is 0 Å². The van der Waals surface area contributed by atoms with Gasteiger partial charge in [0.25, 0.3) is 0 Å². The van der Waals surface area contributed by atoms with Crippen molar-refractivity contribution in [3.8, 4) is 0 Å². The topological polar surface area (TPSA) is 47.1 Å². The lowest BCUT2D eigenvalue weighted by atomic mass is 10.1. The molecule has 0 amide bonds. The molecule has 0 radical (unpaired) electrons. The fraction of sp³-hybridized carbons (Fsp3) is 0.462. The fourth-order valence-electron chi connectivity index (χ4n) is 2.67. The highest BCUT2D eigenvalue weighted by Gasteiger charge is 2.19. The minimum absolute atomic E-state index is 0.553. The molecule has 1 aliphatic heterocycles. The third kappa shape index (κ3) is 1.72. The first-order valence-corrected chi connectivity index (χ1v) is 6.74. The standard InChI is InChI=1S/C13H17ClN4/c1-9-10(14)5-6-11-12(9)18(13(15)16-11)17-7-3-2-4-8-17/h5-6H,2-4,7-8H2,1H3,(H2,15,16). The summed E-state index contributed by atoms with van der Waals surface area (Å²) in [5.74, 6) is 0.553. The number of hydrogen-bond donors (Lipinski definition) is 1. The maximum absolute atomic E-state index is 6.21. The number of piperidine rings is 1. The van der Waals surface area contributed by atoms with Crippen molar-refractivity contribution in [1.82, 2.24) is 9.66 Å². The number of nitrogen functional groups attached to an aromatic ring is 1. The summed E-state index contributed by atoms with van der Waals surface area (Å²) < 4.78 is 2.04. The number of nitrogens with zero attached hydrogens (tertiary/aromatic N) is 3. The Balaban J connectivity index is 2.20. The molecule has 1 aromatic carbocycles. The first-order chi connectivity index (χ1) is 8.68. The number of nitrogens with two attached hydrogens (primary N) is 1. The molecule has 18 heavy (non-hydrogen) atoms. The monoisotopic (exact) mass is 264 g/mol. The van der Waals surface area contributed by atoms with Crippen molar-refractivity contribution in [2.24, 2.45) is 0 Å². The molecule has 0 spiro atoms. The van der Waals surface area contributed by atoms with Crippen LogP contribution in [-0.4, -0.2) is 22.7 Å². The Bertz CT molecular complexity index is 584. The molecule has 1 aromatic heterocycles. The van der Waals surface area contributed by atoms with Crippen molar-refractivity contribution in [2.75, 3.05) is 23.8 Å². The molecule has 2 heterocycles. The lowest BCUT2D eigenvalue weighted by Gasteiger charge is -2.31. The van der Waals surface area contributed by atoms with Crippen LogP contribution in [0.4, 0.5) is 5.95 Å². The summed E-state index contributed by atoms with van der Waals surface area (Å²) in [7, 11) is 0. The molecular weight excluding hydrogens is 248 g/mol. The van der Waals surface area contributed by atoms with Crippen LogP contribution in [0.1, 0.15) is 24.8 Å². The van der Waals surface area contributed by atoms with Gasteiger partial charge in [-0.15, -0.1) is 0 Å². The van der Waals surface area contributed by atoms with E-state index in [1.807, 2.05) is 23.7 Å². The molecule has 1 saturated heterocycles. The average Bonchev–Trinajstić information content (AvgIpc) is 2.72. The largest absolute Gasteiger partial charge is 0.368 e. The summed E-state index contributed by atoms with van der Waals surface area (Å²) in [5, 5.41) is 3.04. The van der Waals surface area contributed by atoms with Crippen LogP contribution in [-0.2, 0) is 0 Å². The molecule has 0 atom stereocenters. The molecule has 2 aromatic rings. The van der Waals surface area contributed by atoms with E-state index in [0.717, 1.165) is 34.7 Å². The zero-order valence-electron chi connectivity index (χ0n) is 10.5. The summed E-state index contributed by atoms with van der Waals surface area (Å²) in [4.78, 5) is 4.43. The highest BCUT2D eigenvalue weighted by atomic mass is 35.5. The summed E-state index contributed by atoms with van der Waals surface area (Å²) in [6, 6.07) is 3.81. The quantitative estimate of drug-likeness (QED) is 0.862. The smallest absolute Gasteiger partial charge is 0.220 e. The molecule has 3 rings (SSSR count). The van der Waals surface area contributed by atoms with Gasteiger partial charge in [0.15, 0.2) is 0 Å². The van der Waals surface area contributed by atoms with Crippen molar-refractivity contribution in [3.63, 3.8) is 0 Å². The molecule has 0 aliphatic carbocycles. The van der Waals surface area contributed by atoms with Gasteiger partial charge in [0.1, 0.15) is 0 Å². The minimum atomic E-state index is 0.553. The van der Waals surface area contributed by atoms with Crippen LogP contribution in [0.5, 0.6) is 0 Å². The van der Waals surface area contributed by atoms with E-state index in [0.29, 0.717) is 5.95 Å². The number of aryl methyl sites for hydroxylation is 1. The average molecular weight is 265 g/mol. The first kappa shape index (κ1) is 11.7. The second-order valence-corrected chi connectivity index (χ2v) is 5.24. The number of benzene rings is 1. The van der Waals surface area contributed by atoms with Gasteiger partial charge in [-0.25, -0.2) is 9.66 Å². The lowest BCUT2D eigenvalue weighted by Crippen LogP contribution is -2.39. The van der Waals surface area contributed by atoms with Crippen molar-refractivity contribution in [1.29, 1.82) is 0 Å². The van der Waals surface area contributed by atoms with E-state index in [-0.39, 0.29) is 0 Å². The van der Waals surface area contributed by atoms with Crippen LogP contribution >= 0.6 is 11.6 Å². The van der Waals surface area contributed by atoms with Crippen LogP contribution in [0.2, 0.25) is 5.02 Å². The van der Waals surface area contributed by atoms with E-state index < -0.39 is 0 Å². The van der Waals surface area contributed by atoms with E-state index in [9.17, 15) is 0 Å². The summed E-state index contributed by atoms with van der Waals surface area (Å²) in [6.07, 6.45) is 3.71. The van der Waals surface area contributed by atoms with E-state index in [1.54, 1.807) is 0 Å². The number of fused-ring (bicyclic) bond motifs is 1. The molecule has 96 valence electrons. The highest BCUT2D eigenvalue weighted by Crippen LogP contribution is 2.28. The van der Waals surface area contributed by atoms with Crippen LogP contribution in [0.25, 0.3) is 11.0 Å². The van der Waals surface area contributed by atoms with Gasteiger partial charge in [-0.1, -0.05) is 11.6 Å². The molecule has 1 aliphatic rings. The molecule has 0 unspecified atom stereocenters. The van der Waals surface area contributed by atoms with Crippen molar-refractivity contribution < 1.29 is 0 Å². The van der Waals surface area contributed by atoms with Gasteiger partial charge >= 0.3 is 0 Å². The summed E-state index contributed by atoms with van der Waals surface area (Å²) in [5.41, 5.74) is 9.08. The minimum Gasteiger partial charge on any atom is -0.368 e. The maximum Gasteiger partial charge on any atom is 0.220 e. The van der Waals surface area contributed by atoms with Crippen molar-refractivity contribution in [2.45, 2.75) is 26.2 Å². The Morgan fingerprint density at radius 2 is 1.94 bits per heavy atom. The molecule has 4 nitrogen and oxygen atoms in total. The van der Waals surface area contributed by atoms with E-state index >= 15 is 0 Å². The Kier molecular flexibility index (Phi) is 2.82. The second kappa shape index (κ2) is 4.35. The van der Waals surface area contributed by atoms with Gasteiger partial charge in [-0.3, -0.25) is 0 Å². The molecule has 2 N–H and O–H groups in total. The number of imidazole rings is 1. The van der Waals surface area contributed by atoms with Crippen LogP contribution in [0.15, 0.2) is 12.1 Å². The predicted molar refractivity (Wildman–Crippen MR) is 75.7 cm³/mol. The van der Waals surface area contributed by atoms with E-state index in [1.165, 1.54) is 19.3 Å². The van der Waals surface area contributed by atoms with Crippen molar-refractivity contribution in [3.05, 3.63) is 22.7 Å². The Morgan fingerprint density at radius 1 is 1.22 bits per heavy atom. The van der Waals surface area contributed by atoms with Crippen LogP contribution in [0, 0.1) is 6.92 Å².